The maximum Gasteiger partial charge on any atom is 0.326 e. The normalized spacial score (nSPS) is 11.3. The Hall–Kier alpha value is -2.38. The van der Waals surface area contributed by atoms with E-state index in [-0.39, 0.29) is 4.90 Å². The third-order valence-corrected chi connectivity index (χ3v) is 6.17. The highest BCUT2D eigenvalue weighted by Crippen LogP contribution is 2.28. The van der Waals surface area contributed by atoms with Gasteiger partial charge in [-0.15, -0.1) is 0 Å². The minimum atomic E-state index is -3.96. The van der Waals surface area contributed by atoms with Crippen molar-refractivity contribution in [2.75, 3.05) is 18.0 Å². The van der Waals surface area contributed by atoms with E-state index in [4.69, 9.17) is 0 Å². The lowest BCUT2D eigenvalue weighted by molar-refractivity contribution is -0.138. The van der Waals surface area contributed by atoms with E-state index >= 15 is 0 Å². The Morgan fingerprint density at radius 3 is 2.42 bits per heavy atom. The minimum Gasteiger partial charge on any atom is -0.468 e. The van der Waals surface area contributed by atoms with Crippen LogP contribution in [-0.4, -0.2) is 28.0 Å². The Bertz CT molecular complexity index is 1070. The molecule has 0 radical (unpaired) electrons. The summed E-state index contributed by atoms with van der Waals surface area (Å²) in [6, 6.07) is 19.1. The zero-order valence-corrected chi connectivity index (χ0v) is 16.3. The van der Waals surface area contributed by atoms with Gasteiger partial charge in [-0.25, -0.2) is 8.42 Å². The molecule has 0 amide bonds. The largest absolute Gasteiger partial charge is 0.468 e. The standard InChI is InChI=1S/C19H16BrNO4S/c1-25-19(22)13-21(17-8-4-7-16(20)12-17)26(23,24)18-10-9-14-5-2-3-6-15(14)11-18/h2-12H,13H2,1H3. The van der Waals surface area contributed by atoms with Crippen LogP contribution >= 0.6 is 15.9 Å². The molecule has 0 unspecified atom stereocenters. The second kappa shape index (κ2) is 7.47. The second-order valence-corrected chi connectivity index (χ2v) is 8.35. The van der Waals surface area contributed by atoms with Gasteiger partial charge in [-0.05, 0) is 41.1 Å². The molecule has 3 aromatic carbocycles. The first-order valence-electron chi connectivity index (χ1n) is 7.76. The Labute approximate surface area is 160 Å². The van der Waals surface area contributed by atoms with Crippen molar-refractivity contribution in [2.45, 2.75) is 4.90 Å². The van der Waals surface area contributed by atoms with Gasteiger partial charge in [-0.1, -0.05) is 52.3 Å². The van der Waals surface area contributed by atoms with Crippen molar-refractivity contribution in [3.05, 3.63) is 71.2 Å². The van der Waals surface area contributed by atoms with E-state index in [1.807, 2.05) is 24.3 Å². The molecule has 0 aliphatic rings. The summed E-state index contributed by atoms with van der Waals surface area (Å²) >= 11 is 3.33. The van der Waals surface area contributed by atoms with Gasteiger partial charge >= 0.3 is 5.97 Å². The van der Waals surface area contributed by atoms with Gasteiger partial charge in [-0.3, -0.25) is 9.10 Å². The molecule has 0 bridgehead atoms. The second-order valence-electron chi connectivity index (χ2n) is 5.58. The Kier molecular flexibility index (Phi) is 5.29. The third-order valence-electron chi connectivity index (χ3n) is 3.91. The van der Waals surface area contributed by atoms with Crippen LogP contribution in [0, 0.1) is 0 Å². The van der Waals surface area contributed by atoms with Crippen LogP contribution in [0.4, 0.5) is 5.69 Å². The number of fused-ring (bicyclic) bond motifs is 1. The maximum atomic E-state index is 13.2. The van der Waals surface area contributed by atoms with E-state index in [1.165, 1.54) is 7.11 Å². The van der Waals surface area contributed by atoms with E-state index in [9.17, 15) is 13.2 Å². The van der Waals surface area contributed by atoms with E-state index < -0.39 is 22.5 Å². The molecule has 134 valence electrons. The number of sulfonamides is 1. The number of halogens is 1. The molecule has 0 aliphatic heterocycles. The SMILES string of the molecule is COC(=O)CN(c1cccc(Br)c1)S(=O)(=O)c1ccc2ccccc2c1. The maximum absolute atomic E-state index is 13.2. The average molecular weight is 434 g/mol. The Morgan fingerprint density at radius 2 is 1.73 bits per heavy atom. The van der Waals surface area contributed by atoms with E-state index in [2.05, 4.69) is 20.7 Å². The first-order valence-corrected chi connectivity index (χ1v) is 9.99. The van der Waals surface area contributed by atoms with Crippen molar-refractivity contribution in [2.24, 2.45) is 0 Å². The molecule has 26 heavy (non-hydrogen) atoms. The number of ether oxygens (including phenoxy) is 1. The molecule has 0 saturated heterocycles. The molecule has 5 nitrogen and oxygen atoms in total. The molecule has 0 aromatic heterocycles. The van der Waals surface area contributed by atoms with Gasteiger partial charge in [0.2, 0.25) is 0 Å². The van der Waals surface area contributed by atoms with E-state index in [1.54, 1.807) is 42.5 Å². The number of methoxy groups -OCH3 is 1. The summed E-state index contributed by atoms with van der Waals surface area (Å²) < 4.78 is 32.9. The summed E-state index contributed by atoms with van der Waals surface area (Å²) in [7, 11) is -2.73. The van der Waals surface area contributed by atoms with Crippen molar-refractivity contribution in [3.63, 3.8) is 0 Å². The number of hydrogen-bond acceptors (Lipinski definition) is 4. The lowest BCUT2D eigenvalue weighted by Crippen LogP contribution is -2.36. The predicted octanol–water partition coefficient (Wildman–Crippen LogP) is 3.97. The molecule has 3 aromatic rings. The molecule has 7 heteroatoms. The molecular weight excluding hydrogens is 418 g/mol. The van der Waals surface area contributed by atoms with Crippen LogP contribution in [0.2, 0.25) is 0 Å². The van der Waals surface area contributed by atoms with Crippen LogP contribution in [0.25, 0.3) is 10.8 Å². The van der Waals surface area contributed by atoms with Crippen LogP contribution < -0.4 is 4.31 Å². The van der Waals surface area contributed by atoms with Gasteiger partial charge in [0.25, 0.3) is 10.0 Å². The number of hydrogen-bond donors (Lipinski definition) is 0. The topological polar surface area (TPSA) is 63.7 Å². The summed E-state index contributed by atoms with van der Waals surface area (Å²) in [5.41, 5.74) is 0.373. The fourth-order valence-corrected chi connectivity index (χ4v) is 4.41. The van der Waals surface area contributed by atoms with Gasteiger partial charge in [-0.2, -0.15) is 0 Å². The quantitative estimate of drug-likeness (QED) is 0.571. The van der Waals surface area contributed by atoms with Crippen molar-refractivity contribution < 1.29 is 17.9 Å². The molecule has 0 atom stereocenters. The first-order chi connectivity index (χ1) is 12.4. The monoisotopic (exact) mass is 433 g/mol. The molecule has 0 aliphatic carbocycles. The average Bonchev–Trinajstić information content (AvgIpc) is 2.65. The molecule has 0 heterocycles. The van der Waals surface area contributed by atoms with Gasteiger partial charge in [0.1, 0.15) is 6.54 Å². The highest BCUT2D eigenvalue weighted by molar-refractivity contribution is 9.10. The number of anilines is 1. The van der Waals surface area contributed by atoms with Crippen LogP contribution in [0.1, 0.15) is 0 Å². The molecule has 0 saturated carbocycles. The summed E-state index contributed by atoms with van der Waals surface area (Å²) in [5, 5.41) is 1.74. The van der Waals surface area contributed by atoms with Crippen molar-refractivity contribution in [1.82, 2.24) is 0 Å². The molecule has 0 spiro atoms. The fraction of sp³-hybridized carbons (Fsp3) is 0.105. The summed E-state index contributed by atoms with van der Waals surface area (Å²) in [6.45, 7) is -0.415. The lowest BCUT2D eigenvalue weighted by atomic mass is 10.1. The van der Waals surface area contributed by atoms with Crippen molar-refractivity contribution in [3.8, 4) is 0 Å². The summed E-state index contributed by atoms with van der Waals surface area (Å²) in [6.07, 6.45) is 0. The number of nitrogens with zero attached hydrogens (tertiary/aromatic N) is 1. The number of carbonyl (C=O) groups is 1. The van der Waals surface area contributed by atoms with E-state index in [0.717, 1.165) is 15.1 Å². The molecule has 3 rings (SSSR count). The van der Waals surface area contributed by atoms with Gasteiger partial charge in [0.15, 0.2) is 0 Å². The van der Waals surface area contributed by atoms with E-state index in [0.29, 0.717) is 10.2 Å². The molecule has 0 N–H and O–H groups in total. The van der Waals surface area contributed by atoms with Crippen LogP contribution in [0.5, 0.6) is 0 Å². The third kappa shape index (κ3) is 3.73. The smallest absolute Gasteiger partial charge is 0.326 e. The number of carbonyl (C=O) groups excluding carboxylic acids is 1. The molecule has 0 fully saturated rings. The van der Waals surface area contributed by atoms with Crippen molar-refractivity contribution in [1.29, 1.82) is 0 Å². The zero-order chi connectivity index (χ0) is 18.7. The highest BCUT2D eigenvalue weighted by Gasteiger charge is 2.28. The van der Waals surface area contributed by atoms with Crippen LogP contribution in [0.3, 0.4) is 0 Å². The Balaban J connectivity index is 2.12. The number of benzene rings is 3. The first kappa shape index (κ1) is 18.4. The minimum absolute atomic E-state index is 0.111. The zero-order valence-electron chi connectivity index (χ0n) is 13.9. The Morgan fingerprint density at radius 1 is 1.00 bits per heavy atom. The van der Waals surface area contributed by atoms with Crippen LogP contribution in [-0.2, 0) is 19.6 Å². The molecular formula is C19H16BrNO4S. The van der Waals surface area contributed by atoms with Crippen molar-refractivity contribution >= 4 is 48.4 Å². The summed E-state index contributed by atoms with van der Waals surface area (Å²) in [4.78, 5) is 11.9. The predicted molar refractivity (Wildman–Crippen MR) is 105 cm³/mol. The van der Waals surface area contributed by atoms with Gasteiger partial charge in [0, 0.05) is 4.47 Å². The fourth-order valence-electron chi connectivity index (χ4n) is 2.58. The highest BCUT2D eigenvalue weighted by atomic mass is 79.9. The van der Waals surface area contributed by atoms with Crippen LogP contribution in [0.15, 0.2) is 76.1 Å². The van der Waals surface area contributed by atoms with Gasteiger partial charge < -0.3 is 4.74 Å². The van der Waals surface area contributed by atoms with Gasteiger partial charge in [0.05, 0.1) is 17.7 Å². The number of esters is 1. The lowest BCUT2D eigenvalue weighted by Gasteiger charge is -2.23. The number of rotatable bonds is 5. The summed E-state index contributed by atoms with van der Waals surface area (Å²) in [5.74, 6) is -0.644.